The van der Waals surface area contributed by atoms with Crippen LogP contribution in [0, 0.1) is 0 Å². The van der Waals surface area contributed by atoms with Crippen LogP contribution in [0.4, 0.5) is 0 Å². The van der Waals surface area contributed by atoms with Crippen LogP contribution in [-0.4, -0.2) is 37.9 Å². The van der Waals surface area contributed by atoms with Crippen molar-refractivity contribution in [3.63, 3.8) is 0 Å². The molecule has 0 saturated heterocycles. The van der Waals surface area contributed by atoms with Crippen LogP contribution >= 0.6 is 0 Å². The van der Waals surface area contributed by atoms with Gasteiger partial charge in [-0.15, -0.1) is 0 Å². The van der Waals surface area contributed by atoms with Gasteiger partial charge in [-0.2, -0.15) is 0 Å². The summed E-state index contributed by atoms with van der Waals surface area (Å²) in [5.41, 5.74) is -0.504. The van der Waals surface area contributed by atoms with Crippen LogP contribution in [0.25, 0.3) is 21.5 Å². The van der Waals surface area contributed by atoms with E-state index in [4.69, 9.17) is 18.9 Å². The zero-order valence-corrected chi connectivity index (χ0v) is 18.4. The Morgan fingerprint density at radius 1 is 0.742 bits per heavy atom. The van der Waals surface area contributed by atoms with E-state index in [1.54, 1.807) is 0 Å². The van der Waals surface area contributed by atoms with Crippen molar-refractivity contribution in [3.05, 3.63) is 48.5 Å². The Labute approximate surface area is 182 Å². The summed E-state index contributed by atoms with van der Waals surface area (Å²) in [5.74, 6) is 0.260. The largest absolute Gasteiger partial charge is 0.481 e. The molecule has 0 aliphatic carbocycles. The summed E-state index contributed by atoms with van der Waals surface area (Å²) in [7, 11) is 1.32. The number of fused-ring (bicyclic) bond motifs is 2. The fourth-order valence-corrected chi connectivity index (χ4v) is 3.38. The first-order chi connectivity index (χ1) is 14.9. The fraction of sp³-hybridized carbons (Fsp3) is 0.360. The van der Waals surface area contributed by atoms with Crippen LogP contribution in [0.3, 0.4) is 0 Å². The maximum Gasteiger partial charge on any atom is 0.344 e. The lowest BCUT2D eigenvalue weighted by molar-refractivity contribution is -0.161. The highest BCUT2D eigenvalue weighted by atomic mass is 16.6. The van der Waals surface area contributed by atoms with Gasteiger partial charge in [-0.25, -0.2) is 9.59 Å². The minimum atomic E-state index is -0.504. The minimum Gasteiger partial charge on any atom is -0.481 e. The van der Waals surface area contributed by atoms with E-state index in [-0.39, 0.29) is 13.2 Å². The van der Waals surface area contributed by atoms with Crippen molar-refractivity contribution in [1.82, 2.24) is 0 Å². The van der Waals surface area contributed by atoms with Crippen molar-refractivity contribution >= 4 is 33.5 Å². The molecule has 3 rings (SSSR count). The second-order valence-corrected chi connectivity index (χ2v) is 7.53. The molecule has 0 bridgehead atoms. The molecule has 0 spiro atoms. The summed E-state index contributed by atoms with van der Waals surface area (Å²) in [6, 6.07) is 15.1. The first kappa shape index (κ1) is 22.4. The van der Waals surface area contributed by atoms with E-state index in [0.29, 0.717) is 11.5 Å². The van der Waals surface area contributed by atoms with Gasteiger partial charge >= 0.3 is 11.9 Å². The molecule has 0 aliphatic rings. The lowest BCUT2D eigenvalue weighted by Gasteiger charge is -2.27. The van der Waals surface area contributed by atoms with Gasteiger partial charge in [-0.05, 0) is 19.8 Å². The van der Waals surface area contributed by atoms with Crippen molar-refractivity contribution in [2.24, 2.45) is 0 Å². The number of rotatable bonds is 9. The van der Waals surface area contributed by atoms with Gasteiger partial charge in [0.2, 0.25) is 0 Å². The van der Waals surface area contributed by atoms with Crippen LogP contribution in [0.15, 0.2) is 48.5 Å². The van der Waals surface area contributed by atoms with Gasteiger partial charge in [0.25, 0.3) is 0 Å². The molecule has 0 N–H and O–H groups in total. The van der Waals surface area contributed by atoms with Gasteiger partial charge in [-0.1, -0.05) is 62.4 Å². The third-order valence-electron chi connectivity index (χ3n) is 5.59. The van der Waals surface area contributed by atoms with E-state index in [9.17, 15) is 9.59 Å². The van der Waals surface area contributed by atoms with Crippen LogP contribution in [0.5, 0.6) is 11.5 Å². The standard InChI is InChI=1S/C25H28O6/c1-5-25(3,6-2)31-22(27)16-30-24-19-13-9-7-11-17(19)23(29-15-21(26)28-4)18-12-8-10-14-20(18)24/h7-14H,5-6,15-16H2,1-4H3. The molecule has 3 aromatic rings. The van der Waals surface area contributed by atoms with Gasteiger partial charge in [0.05, 0.1) is 7.11 Å². The SMILES string of the molecule is CCC(C)(CC)OC(=O)COc1c2ccccc2c(OCC(=O)OC)c2ccccc12. The summed E-state index contributed by atoms with van der Waals surface area (Å²) in [5, 5.41) is 3.12. The molecule has 6 heteroatoms. The second kappa shape index (κ2) is 9.69. The second-order valence-electron chi connectivity index (χ2n) is 7.53. The molecule has 0 amide bonds. The van der Waals surface area contributed by atoms with Crippen molar-refractivity contribution in [2.45, 2.75) is 39.2 Å². The van der Waals surface area contributed by atoms with Gasteiger partial charge in [0, 0.05) is 21.5 Å². The van der Waals surface area contributed by atoms with E-state index in [1.807, 2.05) is 69.3 Å². The molecule has 6 nitrogen and oxygen atoms in total. The third-order valence-corrected chi connectivity index (χ3v) is 5.59. The van der Waals surface area contributed by atoms with Crippen LogP contribution in [0.2, 0.25) is 0 Å². The number of carbonyl (C=O) groups is 2. The fourth-order valence-electron chi connectivity index (χ4n) is 3.38. The van der Waals surface area contributed by atoms with Crippen LogP contribution in [0.1, 0.15) is 33.6 Å². The lowest BCUT2D eigenvalue weighted by Crippen LogP contribution is -2.32. The zero-order chi connectivity index (χ0) is 22.4. The van der Waals surface area contributed by atoms with Crippen LogP contribution in [-0.2, 0) is 19.1 Å². The molecule has 0 unspecified atom stereocenters. The molecule has 0 saturated carbocycles. The van der Waals surface area contributed by atoms with E-state index in [2.05, 4.69) is 0 Å². The zero-order valence-electron chi connectivity index (χ0n) is 18.4. The summed E-state index contributed by atoms with van der Waals surface area (Å²) >= 11 is 0. The van der Waals surface area contributed by atoms with Gasteiger partial charge in [-0.3, -0.25) is 0 Å². The van der Waals surface area contributed by atoms with E-state index in [1.165, 1.54) is 7.11 Å². The summed E-state index contributed by atoms with van der Waals surface area (Å²) in [6.07, 6.45) is 1.46. The molecule has 0 heterocycles. The Bertz CT molecular complexity index is 1030. The van der Waals surface area contributed by atoms with Gasteiger partial charge < -0.3 is 18.9 Å². The summed E-state index contributed by atoms with van der Waals surface area (Å²) in [6.45, 7) is 5.50. The Kier molecular flexibility index (Phi) is 7.00. The lowest BCUT2D eigenvalue weighted by atomic mass is 10.0. The highest BCUT2D eigenvalue weighted by Gasteiger charge is 2.25. The third kappa shape index (κ3) is 4.90. The maximum absolute atomic E-state index is 12.5. The van der Waals surface area contributed by atoms with Crippen LogP contribution < -0.4 is 9.47 Å². The minimum absolute atomic E-state index is 0.202. The van der Waals surface area contributed by atoms with Gasteiger partial charge in [0.15, 0.2) is 13.2 Å². The molecule has 0 atom stereocenters. The predicted octanol–water partition coefficient (Wildman–Crippen LogP) is 5.05. The number of carbonyl (C=O) groups excluding carboxylic acids is 2. The number of hydrogen-bond acceptors (Lipinski definition) is 6. The van der Waals surface area contributed by atoms with Crippen molar-refractivity contribution < 1.29 is 28.5 Å². The Morgan fingerprint density at radius 3 is 1.48 bits per heavy atom. The normalized spacial score (nSPS) is 11.4. The summed E-state index contributed by atoms with van der Waals surface area (Å²) < 4.78 is 22.2. The monoisotopic (exact) mass is 424 g/mol. The van der Waals surface area contributed by atoms with Crippen molar-refractivity contribution in [1.29, 1.82) is 0 Å². The maximum atomic E-state index is 12.5. The highest BCUT2D eigenvalue weighted by molar-refractivity contribution is 6.11. The Morgan fingerprint density at radius 2 is 1.13 bits per heavy atom. The molecule has 0 fully saturated rings. The molecule has 31 heavy (non-hydrogen) atoms. The molecule has 3 aromatic carbocycles. The quantitative estimate of drug-likeness (QED) is 0.354. The molecule has 0 radical (unpaired) electrons. The topological polar surface area (TPSA) is 71.1 Å². The molecular weight excluding hydrogens is 396 g/mol. The number of esters is 2. The number of ether oxygens (including phenoxy) is 4. The Hall–Kier alpha value is -3.28. The molecule has 0 aromatic heterocycles. The first-order valence-corrected chi connectivity index (χ1v) is 10.4. The smallest absolute Gasteiger partial charge is 0.344 e. The first-order valence-electron chi connectivity index (χ1n) is 10.4. The average Bonchev–Trinajstić information content (AvgIpc) is 2.80. The van der Waals surface area contributed by atoms with Gasteiger partial charge in [0.1, 0.15) is 17.1 Å². The van der Waals surface area contributed by atoms with E-state index < -0.39 is 17.5 Å². The summed E-state index contributed by atoms with van der Waals surface area (Å²) in [4.78, 5) is 24.1. The van der Waals surface area contributed by atoms with Crippen molar-refractivity contribution in [2.75, 3.05) is 20.3 Å². The molecule has 164 valence electrons. The van der Waals surface area contributed by atoms with E-state index >= 15 is 0 Å². The Balaban J connectivity index is 2.00. The van der Waals surface area contributed by atoms with E-state index in [0.717, 1.165) is 34.4 Å². The van der Waals surface area contributed by atoms with Crippen molar-refractivity contribution in [3.8, 4) is 11.5 Å². The molecule has 0 aliphatic heterocycles. The predicted molar refractivity (Wildman–Crippen MR) is 120 cm³/mol. The highest BCUT2D eigenvalue weighted by Crippen LogP contribution is 2.42. The number of methoxy groups -OCH3 is 1. The average molecular weight is 424 g/mol. The number of hydrogen-bond donors (Lipinski definition) is 0. The molecular formula is C25H28O6. The number of benzene rings is 3.